The number of carbonyl (C=O) groups excluding carboxylic acids is 1. The summed E-state index contributed by atoms with van der Waals surface area (Å²) in [5.41, 5.74) is 0.431. The maximum absolute atomic E-state index is 12.1. The largest absolute Gasteiger partial charge is 0.480 e. The van der Waals surface area contributed by atoms with Crippen LogP contribution >= 0.6 is 0 Å². The van der Waals surface area contributed by atoms with Crippen LogP contribution in [0.3, 0.4) is 0 Å². The predicted molar refractivity (Wildman–Crippen MR) is 73.4 cm³/mol. The second-order valence-corrected chi connectivity index (χ2v) is 6.45. The van der Waals surface area contributed by atoms with Gasteiger partial charge in [0.05, 0.1) is 6.54 Å². The predicted octanol–water partition coefficient (Wildman–Crippen LogP) is 0.588. The molecule has 6 nitrogen and oxygen atoms in total. The summed E-state index contributed by atoms with van der Waals surface area (Å²) in [6.45, 7) is 3.43. The van der Waals surface area contributed by atoms with E-state index in [2.05, 4.69) is 5.32 Å². The van der Waals surface area contributed by atoms with Gasteiger partial charge in [-0.1, -0.05) is 0 Å². The van der Waals surface area contributed by atoms with Crippen LogP contribution in [0, 0.1) is 11.3 Å². The number of nitrogens with zero attached hydrogens (tertiary/aromatic N) is 2. The van der Waals surface area contributed by atoms with E-state index in [1.165, 1.54) is 25.7 Å². The number of amides is 2. The fourth-order valence-electron chi connectivity index (χ4n) is 3.25. The molecular formula is C14H23N3O3. The van der Waals surface area contributed by atoms with Gasteiger partial charge in [-0.15, -0.1) is 0 Å². The third kappa shape index (κ3) is 3.06. The molecule has 0 aromatic heterocycles. The highest BCUT2D eigenvalue weighted by atomic mass is 16.4. The number of hydrogen-bond donors (Lipinski definition) is 2. The lowest BCUT2D eigenvalue weighted by Gasteiger charge is -2.34. The molecule has 0 radical (unpaired) electrons. The normalized spacial score (nSPS) is 25.3. The van der Waals surface area contributed by atoms with Crippen molar-refractivity contribution in [2.45, 2.75) is 25.7 Å². The Hall–Kier alpha value is -1.30. The molecule has 20 heavy (non-hydrogen) atoms. The summed E-state index contributed by atoms with van der Waals surface area (Å²) in [5, 5.41) is 11.8. The quantitative estimate of drug-likeness (QED) is 0.773. The third-order valence-electron chi connectivity index (χ3n) is 4.95. The van der Waals surface area contributed by atoms with Crippen molar-refractivity contribution in [2.75, 3.05) is 39.3 Å². The van der Waals surface area contributed by atoms with E-state index in [4.69, 9.17) is 5.11 Å². The Morgan fingerprint density at radius 1 is 1.15 bits per heavy atom. The molecule has 0 unspecified atom stereocenters. The van der Waals surface area contributed by atoms with E-state index in [0.717, 1.165) is 12.5 Å². The Morgan fingerprint density at radius 3 is 2.30 bits per heavy atom. The SMILES string of the molecule is O=C(O)CN1CCN(C(=O)NCC2(C3CC3)CC2)CC1. The maximum atomic E-state index is 12.1. The summed E-state index contributed by atoms with van der Waals surface area (Å²) in [5.74, 6) is 0.0539. The van der Waals surface area contributed by atoms with Crippen LogP contribution in [0.5, 0.6) is 0 Å². The van der Waals surface area contributed by atoms with E-state index < -0.39 is 5.97 Å². The van der Waals surface area contributed by atoms with Gasteiger partial charge in [0.1, 0.15) is 0 Å². The van der Waals surface area contributed by atoms with Crippen LogP contribution in [0.4, 0.5) is 4.79 Å². The zero-order valence-corrected chi connectivity index (χ0v) is 11.8. The minimum atomic E-state index is -0.803. The first kappa shape index (κ1) is 13.7. The molecule has 1 heterocycles. The van der Waals surface area contributed by atoms with Gasteiger partial charge in [0, 0.05) is 32.7 Å². The fourth-order valence-corrected chi connectivity index (χ4v) is 3.25. The third-order valence-corrected chi connectivity index (χ3v) is 4.95. The second kappa shape index (κ2) is 5.24. The van der Waals surface area contributed by atoms with E-state index in [-0.39, 0.29) is 12.6 Å². The molecule has 1 saturated heterocycles. The topological polar surface area (TPSA) is 72.9 Å². The van der Waals surface area contributed by atoms with Crippen LogP contribution in [-0.4, -0.2) is 66.2 Å². The van der Waals surface area contributed by atoms with E-state index in [9.17, 15) is 9.59 Å². The van der Waals surface area contributed by atoms with Crippen molar-refractivity contribution in [2.24, 2.45) is 11.3 Å². The van der Waals surface area contributed by atoms with Gasteiger partial charge >= 0.3 is 12.0 Å². The van der Waals surface area contributed by atoms with Crippen molar-refractivity contribution in [3.8, 4) is 0 Å². The van der Waals surface area contributed by atoms with Crippen LogP contribution < -0.4 is 5.32 Å². The number of carbonyl (C=O) groups is 2. The van der Waals surface area contributed by atoms with Crippen LogP contribution in [0.15, 0.2) is 0 Å². The first-order valence-electron chi connectivity index (χ1n) is 7.56. The standard InChI is InChI=1S/C14H23N3O3/c18-12(19)9-16-5-7-17(8-6-16)13(20)15-10-14(3-4-14)11-1-2-11/h11H,1-10H2,(H,15,20)(H,18,19). The van der Waals surface area contributed by atoms with Gasteiger partial charge in [0.25, 0.3) is 0 Å². The lowest BCUT2D eigenvalue weighted by atomic mass is 10.0. The van der Waals surface area contributed by atoms with Crippen molar-refractivity contribution in [1.29, 1.82) is 0 Å². The minimum Gasteiger partial charge on any atom is -0.480 e. The van der Waals surface area contributed by atoms with Crippen molar-refractivity contribution in [3.63, 3.8) is 0 Å². The van der Waals surface area contributed by atoms with Gasteiger partial charge in [-0.3, -0.25) is 9.69 Å². The highest BCUT2D eigenvalue weighted by Crippen LogP contribution is 2.60. The van der Waals surface area contributed by atoms with Crippen LogP contribution in [0.1, 0.15) is 25.7 Å². The Morgan fingerprint density at radius 2 is 1.80 bits per heavy atom. The van der Waals surface area contributed by atoms with E-state index in [0.29, 0.717) is 31.6 Å². The molecule has 0 aromatic rings. The lowest BCUT2D eigenvalue weighted by Crippen LogP contribution is -2.53. The molecule has 112 valence electrons. The van der Waals surface area contributed by atoms with E-state index in [1.807, 2.05) is 4.90 Å². The second-order valence-electron chi connectivity index (χ2n) is 6.45. The number of carboxylic acid groups (broad SMARTS) is 1. The molecule has 0 aromatic carbocycles. The van der Waals surface area contributed by atoms with Crippen molar-refractivity contribution in [3.05, 3.63) is 0 Å². The molecule has 2 aliphatic carbocycles. The zero-order chi connectivity index (χ0) is 14.2. The summed E-state index contributed by atoms with van der Waals surface area (Å²) < 4.78 is 0. The van der Waals surface area contributed by atoms with Crippen LogP contribution in [-0.2, 0) is 4.79 Å². The number of rotatable bonds is 5. The van der Waals surface area contributed by atoms with Crippen molar-refractivity contribution < 1.29 is 14.7 Å². The summed E-state index contributed by atoms with van der Waals surface area (Å²) in [7, 11) is 0. The molecular weight excluding hydrogens is 258 g/mol. The Kier molecular flexibility index (Phi) is 3.58. The van der Waals surface area contributed by atoms with Gasteiger partial charge in [0.15, 0.2) is 0 Å². The number of aliphatic carboxylic acids is 1. The molecule has 1 aliphatic heterocycles. The van der Waals surface area contributed by atoms with E-state index in [1.54, 1.807) is 4.90 Å². The molecule has 0 spiro atoms. The highest BCUT2D eigenvalue weighted by Gasteiger charge is 2.53. The number of urea groups is 1. The molecule has 3 rings (SSSR count). The average molecular weight is 281 g/mol. The van der Waals surface area contributed by atoms with Crippen molar-refractivity contribution in [1.82, 2.24) is 15.1 Å². The van der Waals surface area contributed by atoms with Gasteiger partial charge in [-0.2, -0.15) is 0 Å². The molecule has 2 saturated carbocycles. The highest BCUT2D eigenvalue weighted by molar-refractivity contribution is 5.74. The molecule has 0 atom stereocenters. The first-order valence-corrected chi connectivity index (χ1v) is 7.56. The van der Waals surface area contributed by atoms with Gasteiger partial charge in [-0.25, -0.2) is 4.79 Å². The van der Waals surface area contributed by atoms with Crippen LogP contribution in [0.25, 0.3) is 0 Å². The molecule has 3 aliphatic rings. The van der Waals surface area contributed by atoms with Gasteiger partial charge in [0.2, 0.25) is 0 Å². The van der Waals surface area contributed by atoms with Crippen molar-refractivity contribution >= 4 is 12.0 Å². The summed E-state index contributed by atoms with van der Waals surface area (Å²) in [6, 6.07) is 0.0203. The van der Waals surface area contributed by atoms with Gasteiger partial charge in [-0.05, 0) is 37.0 Å². The zero-order valence-electron chi connectivity index (χ0n) is 11.8. The minimum absolute atomic E-state index is 0.0203. The molecule has 0 bridgehead atoms. The number of carboxylic acids is 1. The molecule has 6 heteroatoms. The Bertz CT molecular complexity index is 396. The van der Waals surface area contributed by atoms with E-state index >= 15 is 0 Å². The summed E-state index contributed by atoms with van der Waals surface area (Å²) in [4.78, 5) is 26.4. The fraction of sp³-hybridized carbons (Fsp3) is 0.857. The van der Waals surface area contributed by atoms with Crippen LogP contribution in [0.2, 0.25) is 0 Å². The summed E-state index contributed by atoms with van der Waals surface area (Å²) in [6.07, 6.45) is 5.21. The Labute approximate surface area is 119 Å². The number of hydrogen-bond acceptors (Lipinski definition) is 3. The Balaban J connectivity index is 1.39. The molecule has 2 amide bonds. The molecule has 2 N–H and O–H groups in total. The summed E-state index contributed by atoms with van der Waals surface area (Å²) >= 11 is 0. The lowest BCUT2D eigenvalue weighted by molar-refractivity contribution is -0.138. The number of piperazine rings is 1. The van der Waals surface area contributed by atoms with Gasteiger partial charge < -0.3 is 15.3 Å². The maximum Gasteiger partial charge on any atom is 0.317 e. The smallest absolute Gasteiger partial charge is 0.317 e. The first-order chi connectivity index (χ1) is 9.59. The monoisotopic (exact) mass is 281 g/mol. The molecule has 3 fully saturated rings. The number of nitrogens with one attached hydrogen (secondary N) is 1. The average Bonchev–Trinajstić information content (AvgIpc) is 3.27.